The summed E-state index contributed by atoms with van der Waals surface area (Å²) in [6, 6.07) is 4.91. The molecule has 10 nitrogen and oxygen atoms in total. The van der Waals surface area contributed by atoms with Crippen LogP contribution in [0.2, 0.25) is 0 Å². The molecule has 0 radical (unpaired) electrons. The van der Waals surface area contributed by atoms with Crippen LogP contribution in [0, 0.1) is 0 Å². The maximum Gasteiger partial charge on any atom is 0.255 e. The predicted octanol–water partition coefficient (Wildman–Crippen LogP) is 1.08. The maximum atomic E-state index is 12.9. The highest BCUT2D eigenvalue weighted by molar-refractivity contribution is 6.06. The first-order chi connectivity index (χ1) is 16.6. The normalized spacial score (nSPS) is 20.4. The molecule has 194 valence electrons. The topological polar surface area (TPSA) is 118 Å². The Morgan fingerprint density at radius 3 is 2.49 bits per heavy atom. The molecule has 0 aromatic heterocycles. The van der Waals surface area contributed by atoms with Gasteiger partial charge in [0.2, 0.25) is 11.8 Å². The van der Waals surface area contributed by atoms with Crippen LogP contribution in [0.1, 0.15) is 41.6 Å². The molecule has 2 saturated heterocycles. The number of rotatable bonds is 12. The zero-order valence-corrected chi connectivity index (χ0v) is 20.7. The van der Waals surface area contributed by atoms with Crippen LogP contribution < -0.4 is 16.0 Å². The highest BCUT2D eigenvalue weighted by Crippen LogP contribution is 2.32. The molecule has 1 unspecified atom stereocenters. The van der Waals surface area contributed by atoms with Crippen LogP contribution in [0.4, 0.5) is 5.69 Å². The summed E-state index contributed by atoms with van der Waals surface area (Å²) >= 11 is 0. The second kappa shape index (κ2) is 13.7. The van der Waals surface area contributed by atoms with Gasteiger partial charge in [0, 0.05) is 36.3 Å². The number of ether oxygens (including phenoxy) is 3. The highest BCUT2D eigenvalue weighted by Gasteiger charge is 2.39. The number of piperidine rings is 2. The van der Waals surface area contributed by atoms with Gasteiger partial charge in [0.25, 0.3) is 5.91 Å². The first kappa shape index (κ1) is 27.3. The Morgan fingerprint density at radius 2 is 1.71 bits per heavy atom. The van der Waals surface area contributed by atoms with Crippen molar-refractivity contribution in [1.29, 1.82) is 0 Å². The fourth-order valence-electron chi connectivity index (χ4n) is 4.57. The van der Waals surface area contributed by atoms with Gasteiger partial charge in [-0.25, -0.2) is 0 Å². The molecular weight excluding hydrogens is 476 g/mol. The summed E-state index contributed by atoms with van der Waals surface area (Å²) in [5.74, 6) is -0.866. The Morgan fingerprint density at radius 1 is 0.971 bits per heavy atom. The largest absolute Gasteiger partial charge is 0.382 e. The lowest BCUT2D eigenvalue weighted by molar-refractivity contribution is -0.136. The van der Waals surface area contributed by atoms with Gasteiger partial charge in [-0.1, -0.05) is 6.07 Å². The number of nitrogens with one attached hydrogen (secondary N) is 3. The molecule has 1 atom stereocenters. The quantitative estimate of drug-likeness (QED) is 0.282. The lowest BCUT2D eigenvalue weighted by atomic mass is 10.0. The van der Waals surface area contributed by atoms with Crippen molar-refractivity contribution >= 4 is 35.8 Å². The van der Waals surface area contributed by atoms with E-state index in [4.69, 9.17) is 14.2 Å². The molecule has 0 spiro atoms. The van der Waals surface area contributed by atoms with Crippen LogP contribution in [0.25, 0.3) is 0 Å². The number of hydrogen-bond donors (Lipinski definition) is 3. The van der Waals surface area contributed by atoms with Crippen molar-refractivity contribution in [3.8, 4) is 0 Å². The van der Waals surface area contributed by atoms with Gasteiger partial charge in [-0.3, -0.25) is 19.7 Å². The summed E-state index contributed by atoms with van der Waals surface area (Å²) in [5, 5.41) is 8.98. The molecule has 3 aliphatic rings. The lowest BCUT2D eigenvalue weighted by Gasteiger charge is -2.29. The Bertz CT molecular complexity index is 880. The van der Waals surface area contributed by atoms with Gasteiger partial charge < -0.3 is 29.7 Å². The van der Waals surface area contributed by atoms with Crippen LogP contribution in [-0.2, 0) is 30.3 Å². The van der Waals surface area contributed by atoms with Gasteiger partial charge in [-0.05, 0) is 44.5 Å². The zero-order chi connectivity index (χ0) is 23.8. The van der Waals surface area contributed by atoms with Crippen LogP contribution in [0.15, 0.2) is 18.2 Å². The van der Waals surface area contributed by atoms with Crippen LogP contribution >= 0.6 is 12.4 Å². The van der Waals surface area contributed by atoms with E-state index in [1.165, 1.54) is 0 Å². The van der Waals surface area contributed by atoms with Gasteiger partial charge in [0.05, 0.1) is 39.1 Å². The third-order valence-corrected chi connectivity index (χ3v) is 6.38. The molecule has 3 N–H and O–H groups in total. The molecule has 0 bridgehead atoms. The zero-order valence-electron chi connectivity index (χ0n) is 19.9. The number of carbonyl (C=O) groups excluding carboxylic acids is 3. The number of anilines is 1. The molecule has 0 saturated carbocycles. The summed E-state index contributed by atoms with van der Waals surface area (Å²) < 4.78 is 17.0. The smallest absolute Gasteiger partial charge is 0.255 e. The molecule has 4 rings (SSSR count). The average Bonchev–Trinajstić information content (AvgIpc) is 3.18. The second-order valence-corrected chi connectivity index (χ2v) is 8.70. The molecule has 0 aliphatic carbocycles. The molecule has 11 heteroatoms. The fraction of sp³-hybridized carbons (Fsp3) is 0.625. The van der Waals surface area contributed by atoms with Gasteiger partial charge in [0.1, 0.15) is 6.04 Å². The van der Waals surface area contributed by atoms with E-state index < -0.39 is 11.9 Å². The Kier molecular flexibility index (Phi) is 10.7. The molecule has 3 amide bonds. The minimum absolute atomic E-state index is 0. The number of imide groups is 1. The van der Waals surface area contributed by atoms with E-state index >= 15 is 0 Å². The molecule has 3 heterocycles. The van der Waals surface area contributed by atoms with E-state index in [9.17, 15) is 14.4 Å². The first-order valence-corrected chi connectivity index (χ1v) is 12.1. The molecule has 35 heavy (non-hydrogen) atoms. The summed E-state index contributed by atoms with van der Waals surface area (Å²) in [6.45, 7) is 5.68. The van der Waals surface area contributed by atoms with Gasteiger partial charge >= 0.3 is 0 Å². The van der Waals surface area contributed by atoms with E-state index in [-0.39, 0.29) is 30.6 Å². The first-order valence-electron chi connectivity index (χ1n) is 12.1. The average molecular weight is 511 g/mol. The standard InChI is InChI=1S/C24H34N4O6.ClH/c29-22-5-4-21(23(30)27-22)28-16-19-18(24(28)31)2-1-3-20(19)26-10-11-32-12-13-33-14-15-34-17-6-8-25-9-7-17;/h1-3,17,21,25-26H,4-16H2,(H,27,29,30);1H. The van der Waals surface area contributed by atoms with Crippen molar-refractivity contribution in [2.75, 3.05) is 58.0 Å². The number of halogens is 1. The van der Waals surface area contributed by atoms with Crippen LogP contribution in [0.3, 0.4) is 0 Å². The Labute approximate surface area is 211 Å². The minimum Gasteiger partial charge on any atom is -0.382 e. The van der Waals surface area contributed by atoms with E-state index in [1.54, 1.807) is 11.0 Å². The number of nitrogens with zero attached hydrogens (tertiary/aromatic N) is 1. The summed E-state index contributed by atoms with van der Waals surface area (Å²) in [7, 11) is 0. The highest BCUT2D eigenvalue weighted by atomic mass is 35.5. The van der Waals surface area contributed by atoms with Crippen LogP contribution in [-0.4, -0.2) is 87.4 Å². The maximum absolute atomic E-state index is 12.9. The van der Waals surface area contributed by atoms with Gasteiger partial charge in [0.15, 0.2) is 0 Å². The summed E-state index contributed by atoms with van der Waals surface area (Å²) in [4.78, 5) is 38.1. The van der Waals surface area contributed by atoms with E-state index in [0.29, 0.717) is 64.2 Å². The number of hydrogen-bond acceptors (Lipinski definition) is 8. The van der Waals surface area contributed by atoms with Crippen molar-refractivity contribution in [1.82, 2.24) is 15.5 Å². The van der Waals surface area contributed by atoms with Crippen molar-refractivity contribution in [2.45, 2.75) is 44.4 Å². The Hall–Kier alpha value is -2.24. The summed E-state index contributed by atoms with van der Waals surface area (Å²) in [6.07, 6.45) is 3.06. The number of amides is 3. The molecule has 1 aromatic rings. The van der Waals surface area contributed by atoms with Gasteiger partial charge in [-0.2, -0.15) is 0 Å². The molecule has 3 aliphatic heterocycles. The van der Waals surface area contributed by atoms with E-state index in [0.717, 1.165) is 37.2 Å². The van der Waals surface area contributed by atoms with Crippen LogP contribution in [0.5, 0.6) is 0 Å². The predicted molar refractivity (Wildman–Crippen MR) is 132 cm³/mol. The third kappa shape index (κ3) is 7.37. The number of benzene rings is 1. The SMILES string of the molecule is Cl.O=C1CCC(N2Cc3c(NCCOCCOCCOC4CCNCC4)cccc3C2=O)C(=O)N1. The van der Waals surface area contributed by atoms with Gasteiger partial charge in [-0.15, -0.1) is 12.4 Å². The molecule has 1 aromatic carbocycles. The third-order valence-electron chi connectivity index (χ3n) is 6.38. The van der Waals surface area contributed by atoms with E-state index in [2.05, 4.69) is 16.0 Å². The number of fused-ring (bicyclic) bond motifs is 1. The fourth-order valence-corrected chi connectivity index (χ4v) is 4.57. The lowest BCUT2D eigenvalue weighted by Crippen LogP contribution is -2.52. The van der Waals surface area contributed by atoms with Crippen molar-refractivity contribution < 1.29 is 28.6 Å². The number of carbonyl (C=O) groups is 3. The van der Waals surface area contributed by atoms with Crippen molar-refractivity contribution in [2.24, 2.45) is 0 Å². The van der Waals surface area contributed by atoms with Crippen molar-refractivity contribution in [3.63, 3.8) is 0 Å². The minimum atomic E-state index is -0.612. The van der Waals surface area contributed by atoms with E-state index in [1.807, 2.05) is 12.1 Å². The molecule has 2 fully saturated rings. The summed E-state index contributed by atoms with van der Waals surface area (Å²) in [5.41, 5.74) is 2.32. The second-order valence-electron chi connectivity index (χ2n) is 8.70. The molecular formula is C24H35ClN4O6. The monoisotopic (exact) mass is 510 g/mol. The van der Waals surface area contributed by atoms with Crippen molar-refractivity contribution in [3.05, 3.63) is 29.3 Å². The Balaban J connectivity index is 0.00000342.